The SMILES string of the molecule is CNc1cccc(N2CCCN(C)C(=O)C2)n1. The normalized spacial score (nSPS) is 16.9. The summed E-state index contributed by atoms with van der Waals surface area (Å²) >= 11 is 0. The number of rotatable bonds is 2. The van der Waals surface area contributed by atoms with E-state index in [1.807, 2.05) is 37.2 Å². The predicted octanol–water partition coefficient (Wildman–Crippen LogP) is 0.792. The summed E-state index contributed by atoms with van der Waals surface area (Å²) in [6, 6.07) is 5.81. The molecule has 5 heteroatoms. The highest BCUT2D eigenvalue weighted by molar-refractivity contribution is 5.81. The van der Waals surface area contributed by atoms with Crippen molar-refractivity contribution in [1.82, 2.24) is 9.88 Å². The van der Waals surface area contributed by atoms with E-state index in [0.717, 1.165) is 31.1 Å². The molecule has 1 aromatic heterocycles. The molecule has 0 aliphatic carbocycles. The molecule has 2 rings (SSSR count). The maximum absolute atomic E-state index is 11.8. The highest BCUT2D eigenvalue weighted by Gasteiger charge is 2.19. The monoisotopic (exact) mass is 234 g/mol. The molecule has 92 valence electrons. The van der Waals surface area contributed by atoms with Crippen LogP contribution >= 0.6 is 0 Å². The van der Waals surface area contributed by atoms with Crippen LogP contribution in [-0.4, -0.2) is 49.5 Å². The average molecular weight is 234 g/mol. The van der Waals surface area contributed by atoms with Crippen molar-refractivity contribution in [3.05, 3.63) is 18.2 Å². The molecule has 0 atom stereocenters. The van der Waals surface area contributed by atoms with Gasteiger partial charge in [-0.3, -0.25) is 4.79 Å². The Bertz CT molecular complexity index is 407. The van der Waals surface area contributed by atoms with Crippen LogP contribution in [-0.2, 0) is 4.79 Å². The van der Waals surface area contributed by atoms with E-state index in [4.69, 9.17) is 0 Å². The molecule has 0 bridgehead atoms. The number of carbonyl (C=O) groups is 1. The molecule has 5 nitrogen and oxygen atoms in total. The Morgan fingerprint density at radius 3 is 2.94 bits per heavy atom. The molecule has 1 aliphatic heterocycles. The fourth-order valence-corrected chi connectivity index (χ4v) is 1.92. The summed E-state index contributed by atoms with van der Waals surface area (Å²) < 4.78 is 0. The standard InChI is InChI=1S/C12H18N4O/c1-13-10-5-3-6-11(14-10)16-8-4-7-15(2)12(17)9-16/h3,5-6H,4,7-9H2,1-2H3,(H,13,14). The lowest BCUT2D eigenvalue weighted by Gasteiger charge is -2.21. The Morgan fingerprint density at radius 2 is 2.18 bits per heavy atom. The molecular weight excluding hydrogens is 216 g/mol. The van der Waals surface area contributed by atoms with Crippen LogP contribution in [0.3, 0.4) is 0 Å². The van der Waals surface area contributed by atoms with Crippen molar-refractivity contribution in [2.24, 2.45) is 0 Å². The Hall–Kier alpha value is -1.78. The van der Waals surface area contributed by atoms with Crippen LogP contribution in [0.4, 0.5) is 11.6 Å². The number of aromatic nitrogens is 1. The summed E-state index contributed by atoms with van der Waals surface area (Å²) in [5.74, 6) is 1.84. The summed E-state index contributed by atoms with van der Waals surface area (Å²) in [5, 5.41) is 3.01. The van der Waals surface area contributed by atoms with Gasteiger partial charge in [0, 0.05) is 27.2 Å². The van der Waals surface area contributed by atoms with E-state index < -0.39 is 0 Å². The van der Waals surface area contributed by atoms with Gasteiger partial charge in [-0.2, -0.15) is 0 Å². The first-order valence-electron chi connectivity index (χ1n) is 5.84. The quantitative estimate of drug-likeness (QED) is 0.822. The van der Waals surface area contributed by atoms with E-state index in [-0.39, 0.29) is 5.91 Å². The van der Waals surface area contributed by atoms with Crippen molar-refractivity contribution >= 4 is 17.5 Å². The summed E-state index contributed by atoms with van der Waals surface area (Å²) in [5.41, 5.74) is 0. The lowest BCUT2D eigenvalue weighted by atomic mass is 10.3. The van der Waals surface area contributed by atoms with Gasteiger partial charge >= 0.3 is 0 Å². The molecule has 1 aliphatic rings. The third-order valence-corrected chi connectivity index (χ3v) is 2.99. The van der Waals surface area contributed by atoms with E-state index in [9.17, 15) is 4.79 Å². The number of likely N-dealkylation sites (N-methyl/N-ethyl adjacent to an activating group) is 1. The van der Waals surface area contributed by atoms with Crippen molar-refractivity contribution in [3.63, 3.8) is 0 Å². The molecule has 2 heterocycles. The first kappa shape index (κ1) is 11.7. The summed E-state index contributed by atoms with van der Waals surface area (Å²) in [6.45, 7) is 2.11. The lowest BCUT2D eigenvalue weighted by molar-refractivity contribution is -0.127. The number of hydrogen-bond acceptors (Lipinski definition) is 4. The van der Waals surface area contributed by atoms with E-state index in [1.54, 1.807) is 4.90 Å². The lowest BCUT2D eigenvalue weighted by Crippen LogP contribution is -2.34. The topological polar surface area (TPSA) is 48.5 Å². The highest BCUT2D eigenvalue weighted by atomic mass is 16.2. The third-order valence-electron chi connectivity index (χ3n) is 2.99. The molecule has 1 aromatic rings. The fourth-order valence-electron chi connectivity index (χ4n) is 1.92. The molecule has 1 fully saturated rings. The smallest absolute Gasteiger partial charge is 0.241 e. The van der Waals surface area contributed by atoms with Crippen LogP contribution in [0, 0.1) is 0 Å². The molecule has 0 unspecified atom stereocenters. The van der Waals surface area contributed by atoms with E-state index >= 15 is 0 Å². The molecule has 1 amide bonds. The summed E-state index contributed by atoms with van der Waals surface area (Å²) in [6.07, 6.45) is 0.980. The number of carbonyl (C=O) groups excluding carboxylic acids is 1. The maximum atomic E-state index is 11.8. The van der Waals surface area contributed by atoms with Gasteiger partial charge in [0.1, 0.15) is 11.6 Å². The van der Waals surface area contributed by atoms with Gasteiger partial charge in [-0.15, -0.1) is 0 Å². The zero-order valence-corrected chi connectivity index (χ0v) is 10.3. The van der Waals surface area contributed by atoms with Crippen LogP contribution in [0.2, 0.25) is 0 Å². The van der Waals surface area contributed by atoms with Crippen molar-refractivity contribution in [1.29, 1.82) is 0 Å². The minimum Gasteiger partial charge on any atom is -0.373 e. The molecule has 17 heavy (non-hydrogen) atoms. The predicted molar refractivity (Wildman–Crippen MR) is 68.3 cm³/mol. The number of pyridine rings is 1. The summed E-state index contributed by atoms with van der Waals surface area (Å²) in [7, 11) is 3.69. The van der Waals surface area contributed by atoms with Crippen LogP contribution in [0.15, 0.2) is 18.2 Å². The van der Waals surface area contributed by atoms with Gasteiger partial charge in [-0.1, -0.05) is 6.07 Å². The Morgan fingerprint density at radius 1 is 1.35 bits per heavy atom. The zero-order chi connectivity index (χ0) is 12.3. The van der Waals surface area contributed by atoms with E-state index in [2.05, 4.69) is 10.3 Å². The first-order valence-corrected chi connectivity index (χ1v) is 5.84. The Labute approximate surface area is 101 Å². The van der Waals surface area contributed by atoms with Crippen molar-refractivity contribution in [2.75, 3.05) is 43.9 Å². The number of nitrogens with zero attached hydrogens (tertiary/aromatic N) is 3. The number of hydrogen-bond donors (Lipinski definition) is 1. The van der Waals surface area contributed by atoms with Gasteiger partial charge in [0.2, 0.25) is 5.91 Å². The molecule has 0 radical (unpaired) electrons. The molecule has 0 saturated carbocycles. The van der Waals surface area contributed by atoms with Gasteiger partial charge in [0.05, 0.1) is 6.54 Å². The fraction of sp³-hybridized carbons (Fsp3) is 0.500. The molecule has 0 spiro atoms. The van der Waals surface area contributed by atoms with Crippen LogP contribution in [0.25, 0.3) is 0 Å². The van der Waals surface area contributed by atoms with E-state index in [0.29, 0.717) is 6.54 Å². The van der Waals surface area contributed by atoms with Crippen molar-refractivity contribution < 1.29 is 4.79 Å². The zero-order valence-electron chi connectivity index (χ0n) is 10.3. The second kappa shape index (κ2) is 5.03. The van der Waals surface area contributed by atoms with Gasteiger partial charge in [0.25, 0.3) is 0 Å². The number of nitrogens with one attached hydrogen (secondary N) is 1. The molecular formula is C12H18N4O. The second-order valence-electron chi connectivity index (χ2n) is 4.22. The number of amides is 1. The van der Waals surface area contributed by atoms with Crippen molar-refractivity contribution in [2.45, 2.75) is 6.42 Å². The van der Waals surface area contributed by atoms with Gasteiger partial charge in [-0.05, 0) is 18.6 Å². The van der Waals surface area contributed by atoms with E-state index in [1.165, 1.54) is 0 Å². The second-order valence-corrected chi connectivity index (χ2v) is 4.22. The minimum absolute atomic E-state index is 0.152. The summed E-state index contributed by atoms with van der Waals surface area (Å²) in [4.78, 5) is 20.1. The highest BCUT2D eigenvalue weighted by Crippen LogP contribution is 2.16. The van der Waals surface area contributed by atoms with Gasteiger partial charge < -0.3 is 15.1 Å². The van der Waals surface area contributed by atoms with Crippen LogP contribution in [0.1, 0.15) is 6.42 Å². The first-order chi connectivity index (χ1) is 8.20. The average Bonchev–Trinajstić information content (AvgIpc) is 2.52. The Balaban J connectivity index is 2.17. The minimum atomic E-state index is 0.152. The molecule has 1 N–H and O–H groups in total. The van der Waals surface area contributed by atoms with Gasteiger partial charge in [0.15, 0.2) is 0 Å². The molecule has 1 saturated heterocycles. The molecule has 0 aromatic carbocycles. The maximum Gasteiger partial charge on any atom is 0.241 e. The Kier molecular flexibility index (Phi) is 3.46. The number of anilines is 2. The van der Waals surface area contributed by atoms with Crippen LogP contribution < -0.4 is 10.2 Å². The third kappa shape index (κ3) is 2.67. The van der Waals surface area contributed by atoms with Crippen molar-refractivity contribution in [3.8, 4) is 0 Å². The van der Waals surface area contributed by atoms with Crippen LogP contribution in [0.5, 0.6) is 0 Å². The van der Waals surface area contributed by atoms with Gasteiger partial charge in [-0.25, -0.2) is 4.98 Å². The largest absolute Gasteiger partial charge is 0.373 e.